The van der Waals surface area contributed by atoms with Crippen molar-refractivity contribution in [3.8, 4) is 0 Å². The number of amides is 1. The number of rotatable bonds is 4. The number of carbonyl (C=O) groups is 1. The third kappa shape index (κ3) is 2.82. The third-order valence-corrected chi connectivity index (χ3v) is 5.33. The summed E-state index contributed by atoms with van der Waals surface area (Å²) in [5.74, 6) is -0.0831. The number of pyridine rings is 2. The average Bonchev–Trinajstić information content (AvgIpc) is 3.35. The molecule has 136 valence electrons. The molecule has 1 saturated heterocycles. The summed E-state index contributed by atoms with van der Waals surface area (Å²) in [5, 5.41) is 4.00. The first kappa shape index (κ1) is 16.2. The molecular formula is C21H21N5O. The summed E-state index contributed by atoms with van der Waals surface area (Å²) in [4.78, 5) is 24.3. The van der Waals surface area contributed by atoms with Crippen molar-refractivity contribution in [3.05, 3.63) is 54.4 Å². The van der Waals surface area contributed by atoms with Crippen LogP contribution >= 0.6 is 0 Å². The Bertz CT molecular complexity index is 1140. The zero-order valence-corrected chi connectivity index (χ0v) is 15.1. The lowest BCUT2D eigenvalue weighted by molar-refractivity contribution is 0.0951. The minimum Gasteiger partial charge on any atom is -0.351 e. The lowest BCUT2D eigenvalue weighted by Crippen LogP contribution is -2.33. The molecule has 1 N–H and O–H groups in total. The highest BCUT2D eigenvalue weighted by Crippen LogP contribution is 2.25. The second kappa shape index (κ2) is 6.63. The number of carbonyl (C=O) groups excluding carboxylic acids is 1. The van der Waals surface area contributed by atoms with Gasteiger partial charge in [0.25, 0.3) is 5.91 Å². The second-order valence-corrected chi connectivity index (χ2v) is 7.06. The number of hydrogen-bond donors (Lipinski definition) is 1. The smallest absolute Gasteiger partial charge is 0.255 e. The maximum atomic E-state index is 12.9. The maximum absolute atomic E-state index is 12.9. The van der Waals surface area contributed by atoms with Crippen LogP contribution in [0, 0.1) is 0 Å². The van der Waals surface area contributed by atoms with Crippen molar-refractivity contribution in [2.45, 2.75) is 12.8 Å². The van der Waals surface area contributed by atoms with Gasteiger partial charge in [0.2, 0.25) is 0 Å². The first-order chi connectivity index (χ1) is 13.3. The van der Waals surface area contributed by atoms with E-state index in [0.29, 0.717) is 17.8 Å². The van der Waals surface area contributed by atoms with E-state index in [4.69, 9.17) is 4.98 Å². The van der Waals surface area contributed by atoms with Gasteiger partial charge < -0.3 is 10.2 Å². The Morgan fingerprint density at radius 3 is 2.85 bits per heavy atom. The zero-order chi connectivity index (χ0) is 18.2. The Balaban J connectivity index is 1.57. The molecule has 1 fully saturated rings. The molecule has 0 bridgehead atoms. The molecule has 27 heavy (non-hydrogen) atoms. The lowest BCUT2D eigenvalue weighted by Gasteiger charge is -2.15. The van der Waals surface area contributed by atoms with Gasteiger partial charge in [-0.1, -0.05) is 12.1 Å². The van der Waals surface area contributed by atoms with E-state index >= 15 is 0 Å². The molecule has 0 saturated carbocycles. The topological polar surface area (TPSA) is 62.5 Å². The molecule has 1 aromatic carbocycles. The lowest BCUT2D eigenvalue weighted by atomic mass is 10.1. The molecule has 0 radical (unpaired) electrons. The quantitative estimate of drug-likeness (QED) is 0.609. The SMILES string of the molecule is O=C(NCCN1CCCC1)c1cc2cnccc2n2c1nc1ccccc12. The minimum atomic E-state index is -0.0831. The van der Waals surface area contributed by atoms with Crippen molar-refractivity contribution >= 4 is 33.5 Å². The third-order valence-electron chi connectivity index (χ3n) is 5.33. The number of imidazole rings is 1. The summed E-state index contributed by atoms with van der Waals surface area (Å²) in [6, 6.07) is 11.8. The number of aromatic nitrogens is 3. The monoisotopic (exact) mass is 359 g/mol. The van der Waals surface area contributed by atoms with Gasteiger partial charge in [0.15, 0.2) is 5.65 Å². The Kier molecular flexibility index (Phi) is 3.98. The van der Waals surface area contributed by atoms with Crippen molar-refractivity contribution in [2.24, 2.45) is 0 Å². The predicted molar refractivity (Wildman–Crippen MR) is 106 cm³/mol. The van der Waals surface area contributed by atoms with Gasteiger partial charge in [-0.2, -0.15) is 0 Å². The van der Waals surface area contributed by atoms with Crippen LogP contribution in [0.2, 0.25) is 0 Å². The highest BCUT2D eigenvalue weighted by Gasteiger charge is 2.18. The fraction of sp³-hybridized carbons (Fsp3) is 0.286. The Hall–Kier alpha value is -2.99. The van der Waals surface area contributed by atoms with Gasteiger partial charge in [-0.15, -0.1) is 0 Å². The summed E-state index contributed by atoms with van der Waals surface area (Å²) in [6.07, 6.45) is 6.08. The van der Waals surface area contributed by atoms with E-state index in [1.165, 1.54) is 12.8 Å². The molecule has 4 aromatic rings. The van der Waals surface area contributed by atoms with E-state index < -0.39 is 0 Å². The number of likely N-dealkylation sites (tertiary alicyclic amines) is 1. The van der Waals surface area contributed by atoms with Crippen LogP contribution in [0.5, 0.6) is 0 Å². The second-order valence-electron chi connectivity index (χ2n) is 7.06. The number of nitrogens with zero attached hydrogens (tertiary/aromatic N) is 4. The predicted octanol–water partition coefficient (Wildman–Crippen LogP) is 2.86. The highest BCUT2D eigenvalue weighted by molar-refractivity contribution is 6.05. The van der Waals surface area contributed by atoms with Crippen LogP contribution < -0.4 is 5.32 Å². The van der Waals surface area contributed by atoms with Crippen molar-refractivity contribution in [1.82, 2.24) is 24.6 Å². The highest BCUT2D eigenvalue weighted by atomic mass is 16.1. The van der Waals surface area contributed by atoms with Crippen molar-refractivity contribution < 1.29 is 4.79 Å². The van der Waals surface area contributed by atoms with E-state index in [9.17, 15) is 4.79 Å². The van der Waals surface area contributed by atoms with Crippen LogP contribution in [0.4, 0.5) is 0 Å². The summed E-state index contributed by atoms with van der Waals surface area (Å²) in [5.41, 5.74) is 4.16. The molecule has 3 aromatic heterocycles. The van der Waals surface area contributed by atoms with Gasteiger partial charge in [0.05, 0.1) is 22.1 Å². The van der Waals surface area contributed by atoms with Gasteiger partial charge in [0, 0.05) is 30.9 Å². The number of fused-ring (bicyclic) bond motifs is 5. The van der Waals surface area contributed by atoms with Crippen LogP contribution in [0.1, 0.15) is 23.2 Å². The van der Waals surface area contributed by atoms with Gasteiger partial charge in [0.1, 0.15) is 0 Å². The number of hydrogen-bond acceptors (Lipinski definition) is 4. The normalized spacial score (nSPS) is 15.1. The van der Waals surface area contributed by atoms with Crippen LogP contribution in [-0.2, 0) is 0 Å². The maximum Gasteiger partial charge on any atom is 0.255 e. The van der Waals surface area contributed by atoms with Crippen molar-refractivity contribution in [3.63, 3.8) is 0 Å². The average molecular weight is 359 g/mol. The van der Waals surface area contributed by atoms with Gasteiger partial charge >= 0.3 is 0 Å². The van der Waals surface area contributed by atoms with Gasteiger partial charge in [-0.05, 0) is 50.2 Å². The standard InChI is InChI=1S/C21H21N5O/c27-21(23-9-12-25-10-3-4-11-25)16-13-15-14-22-8-7-18(15)26-19-6-2-1-5-17(19)24-20(16)26/h1-2,5-8,13-14H,3-4,9-12H2,(H,23,27). The molecule has 0 spiro atoms. The molecular weight excluding hydrogens is 338 g/mol. The van der Waals surface area contributed by atoms with E-state index in [1.54, 1.807) is 12.4 Å². The molecule has 5 rings (SSSR count). The molecule has 0 aliphatic carbocycles. The van der Waals surface area contributed by atoms with Crippen LogP contribution in [0.15, 0.2) is 48.8 Å². The number of benzene rings is 1. The fourth-order valence-electron chi connectivity index (χ4n) is 3.98. The van der Waals surface area contributed by atoms with Crippen molar-refractivity contribution in [2.75, 3.05) is 26.2 Å². The van der Waals surface area contributed by atoms with Gasteiger partial charge in [-0.25, -0.2) is 4.98 Å². The first-order valence-corrected chi connectivity index (χ1v) is 9.46. The Morgan fingerprint density at radius 1 is 1.11 bits per heavy atom. The summed E-state index contributed by atoms with van der Waals surface area (Å²) in [7, 11) is 0. The Morgan fingerprint density at radius 2 is 1.96 bits per heavy atom. The number of nitrogens with one attached hydrogen (secondary N) is 1. The minimum absolute atomic E-state index is 0.0831. The molecule has 0 atom stereocenters. The molecule has 0 unspecified atom stereocenters. The molecule has 1 aliphatic heterocycles. The van der Waals surface area contributed by atoms with E-state index in [2.05, 4.69) is 19.6 Å². The zero-order valence-electron chi connectivity index (χ0n) is 15.1. The van der Waals surface area contributed by atoms with Crippen molar-refractivity contribution in [1.29, 1.82) is 0 Å². The van der Waals surface area contributed by atoms with Gasteiger partial charge in [-0.3, -0.25) is 14.2 Å². The summed E-state index contributed by atoms with van der Waals surface area (Å²) < 4.78 is 2.06. The largest absolute Gasteiger partial charge is 0.351 e. The summed E-state index contributed by atoms with van der Waals surface area (Å²) >= 11 is 0. The van der Waals surface area contributed by atoms with E-state index in [1.807, 2.05) is 36.4 Å². The molecule has 1 aliphatic rings. The fourth-order valence-corrected chi connectivity index (χ4v) is 3.98. The van der Waals surface area contributed by atoms with E-state index in [0.717, 1.165) is 41.6 Å². The molecule has 6 heteroatoms. The molecule has 1 amide bonds. The van der Waals surface area contributed by atoms with E-state index in [-0.39, 0.29) is 5.91 Å². The number of para-hydroxylation sites is 2. The molecule has 6 nitrogen and oxygen atoms in total. The van der Waals surface area contributed by atoms with Crippen LogP contribution in [0.3, 0.4) is 0 Å². The molecule has 4 heterocycles. The Labute approximate surface area is 156 Å². The van der Waals surface area contributed by atoms with Crippen LogP contribution in [0.25, 0.3) is 27.6 Å². The summed E-state index contributed by atoms with van der Waals surface area (Å²) in [6.45, 7) is 3.81. The first-order valence-electron chi connectivity index (χ1n) is 9.46. The van der Waals surface area contributed by atoms with Crippen LogP contribution in [-0.4, -0.2) is 51.4 Å².